The lowest BCUT2D eigenvalue weighted by Crippen LogP contribution is -2.50. The summed E-state index contributed by atoms with van der Waals surface area (Å²) >= 11 is 6.24. The highest BCUT2D eigenvalue weighted by Crippen LogP contribution is 2.46. The Morgan fingerprint density at radius 2 is 1.88 bits per heavy atom. The molecule has 1 fully saturated rings. The zero-order chi connectivity index (χ0) is 24.4. The Kier molecular flexibility index (Phi) is 7.39. The molecule has 1 aliphatic heterocycles. The lowest BCUT2D eigenvalue weighted by Gasteiger charge is -2.43. The fraction of sp³-hybridized carbons (Fsp3) is 0.462. The van der Waals surface area contributed by atoms with Gasteiger partial charge in [0.2, 0.25) is 5.91 Å². The van der Waals surface area contributed by atoms with E-state index < -0.39 is 24.2 Å². The van der Waals surface area contributed by atoms with Crippen LogP contribution in [0.3, 0.4) is 0 Å². The molecule has 3 rings (SSSR count). The molecule has 0 unspecified atom stereocenters. The Hall–Kier alpha value is -2.57. The third-order valence-corrected chi connectivity index (χ3v) is 6.11. The molecule has 178 valence electrons. The number of halogens is 1. The highest BCUT2D eigenvalue weighted by Gasteiger charge is 2.41. The first kappa shape index (κ1) is 25.1. The van der Waals surface area contributed by atoms with Crippen molar-refractivity contribution in [1.82, 2.24) is 5.32 Å². The molecule has 7 heteroatoms. The number of nitrogens with one attached hydrogen (secondary N) is 1. The number of rotatable bonds is 6. The number of amides is 1. The summed E-state index contributed by atoms with van der Waals surface area (Å²) in [5.41, 5.74) is 2.11. The smallest absolute Gasteiger partial charge is 0.341 e. The van der Waals surface area contributed by atoms with Gasteiger partial charge >= 0.3 is 5.97 Å². The SMILES string of the molecule is CC(=O)N[C@@]1(C)C[C@@H](c2cccc(Cl)c2)O[C@@H](c2cc(C(C)(C)C)ccc2OCC(=O)O)C1. The van der Waals surface area contributed by atoms with Crippen LogP contribution >= 0.6 is 11.6 Å². The van der Waals surface area contributed by atoms with E-state index >= 15 is 0 Å². The van der Waals surface area contributed by atoms with Crippen LogP contribution < -0.4 is 10.1 Å². The molecule has 0 radical (unpaired) electrons. The Labute approximate surface area is 200 Å². The summed E-state index contributed by atoms with van der Waals surface area (Å²) in [6.45, 7) is 9.40. The molecular weight excluding hydrogens is 442 g/mol. The molecule has 1 aliphatic rings. The van der Waals surface area contributed by atoms with Crippen molar-refractivity contribution in [2.75, 3.05) is 6.61 Å². The van der Waals surface area contributed by atoms with E-state index in [1.165, 1.54) is 6.92 Å². The van der Waals surface area contributed by atoms with E-state index in [9.17, 15) is 9.59 Å². The summed E-state index contributed by atoms with van der Waals surface area (Å²) in [6.07, 6.45) is 0.351. The van der Waals surface area contributed by atoms with E-state index in [4.69, 9.17) is 26.2 Å². The van der Waals surface area contributed by atoms with Crippen LogP contribution in [0.25, 0.3) is 0 Å². The molecule has 0 bridgehead atoms. The maximum atomic E-state index is 12.0. The number of benzene rings is 2. The van der Waals surface area contributed by atoms with Gasteiger partial charge in [0.1, 0.15) is 5.75 Å². The average molecular weight is 474 g/mol. The molecule has 33 heavy (non-hydrogen) atoms. The number of carbonyl (C=O) groups excluding carboxylic acids is 1. The second kappa shape index (κ2) is 9.74. The van der Waals surface area contributed by atoms with Gasteiger partial charge < -0.3 is 19.9 Å². The number of carboxylic acids is 1. The molecule has 2 N–H and O–H groups in total. The average Bonchev–Trinajstić information content (AvgIpc) is 2.70. The molecular formula is C26H32ClNO5. The predicted octanol–water partition coefficient (Wildman–Crippen LogP) is 5.59. The lowest BCUT2D eigenvalue weighted by atomic mass is 9.79. The maximum Gasteiger partial charge on any atom is 0.341 e. The Balaban J connectivity index is 2.07. The quantitative estimate of drug-likeness (QED) is 0.571. The molecule has 2 aromatic carbocycles. The molecule has 0 spiro atoms. The van der Waals surface area contributed by atoms with Gasteiger partial charge in [-0.05, 0) is 47.7 Å². The minimum atomic E-state index is -1.05. The minimum Gasteiger partial charge on any atom is -0.482 e. The van der Waals surface area contributed by atoms with Gasteiger partial charge in [0, 0.05) is 35.9 Å². The number of ether oxygens (including phenoxy) is 2. The summed E-state index contributed by atoms with van der Waals surface area (Å²) < 4.78 is 12.2. The topological polar surface area (TPSA) is 84.9 Å². The maximum absolute atomic E-state index is 12.0. The van der Waals surface area contributed by atoms with E-state index in [2.05, 4.69) is 26.1 Å². The second-order valence-corrected chi connectivity index (χ2v) is 10.4. The van der Waals surface area contributed by atoms with Gasteiger partial charge in [0.15, 0.2) is 6.61 Å². The van der Waals surface area contributed by atoms with Crippen molar-refractivity contribution < 1.29 is 24.2 Å². The van der Waals surface area contributed by atoms with Gasteiger partial charge in [-0.25, -0.2) is 4.79 Å². The summed E-state index contributed by atoms with van der Waals surface area (Å²) in [6, 6.07) is 13.3. The number of carboxylic acid groups (broad SMARTS) is 1. The molecule has 0 aliphatic carbocycles. The number of aliphatic carboxylic acids is 1. The van der Waals surface area contributed by atoms with Crippen LogP contribution in [0.1, 0.15) is 76.4 Å². The summed E-state index contributed by atoms with van der Waals surface area (Å²) in [4.78, 5) is 23.2. The van der Waals surface area contributed by atoms with Crippen molar-refractivity contribution in [1.29, 1.82) is 0 Å². The molecule has 1 saturated heterocycles. The van der Waals surface area contributed by atoms with E-state index in [1.54, 1.807) is 6.07 Å². The molecule has 1 amide bonds. The fourth-order valence-corrected chi connectivity index (χ4v) is 4.55. The first-order valence-electron chi connectivity index (χ1n) is 11.0. The van der Waals surface area contributed by atoms with Crippen molar-refractivity contribution in [2.45, 2.75) is 70.6 Å². The number of carbonyl (C=O) groups is 2. The van der Waals surface area contributed by atoms with Gasteiger partial charge in [-0.2, -0.15) is 0 Å². The first-order chi connectivity index (χ1) is 15.4. The van der Waals surface area contributed by atoms with Crippen molar-refractivity contribution in [3.8, 4) is 5.75 Å². The van der Waals surface area contributed by atoms with Crippen LogP contribution in [0.15, 0.2) is 42.5 Å². The van der Waals surface area contributed by atoms with E-state index in [0.717, 1.165) is 16.7 Å². The lowest BCUT2D eigenvalue weighted by molar-refractivity contribution is -0.139. The third-order valence-electron chi connectivity index (χ3n) is 5.87. The van der Waals surface area contributed by atoms with Crippen molar-refractivity contribution in [3.05, 3.63) is 64.2 Å². The third kappa shape index (κ3) is 6.49. The molecule has 6 nitrogen and oxygen atoms in total. The van der Waals surface area contributed by atoms with Crippen molar-refractivity contribution in [2.24, 2.45) is 0 Å². The molecule has 3 atom stereocenters. The zero-order valence-electron chi connectivity index (χ0n) is 19.8. The highest BCUT2D eigenvalue weighted by atomic mass is 35.5. The predicted molar refractivity (Wildman–Crippen MR) is 128 cm³/mol. The fourth-order valence-electron chi connectivity index (χ4n) is 4.35. The molecule has 2 aromatic rings. The molecule has 1 heterocycles. The van der Waals surface area contributed by atoms with Gasteiger partial charge in [-0.15, -0.1) is 0 Å². The standard InChI is InChI=1S/C26H32ClNO5/c1-16(29)28-26(5)13-22(17-7-6-8-19(27)11-17)33-23(14-26)20-12-18(25(2,3)4)9-10-21(20)32-15-24(30)31/h6-12,22-23H,13-15H2,1-5H3,(H,28,29)(H,30,31)/t22-,23+,26-/m0/s1. The van der Waals surface area contributed by atoms with Crippen LogP contribution in [0, 0.1) is 0 Å². The van der Waals surface area contributed by atoms with Crippen molar-refractivity contribution >= 4 is 23.5 Å². The van der Waals surface area contributed by atoms with Crippen LogP contribution in [0.5, 0.6) is 5.75 Å². The Morgan fingerprint density at radius 3 is 2.48 bits per heavy atom. The van der Waals surface area contributed by atoms with Crippen molar-refractivity contribution in [3.63, 3.8) is 0 Å². The van der Waals surface area contributed by atoms with Gasteiger partial charge in [-0.1, -0.05) is 50.6 Å². The molecule has 0 saturated carbocycles. The number of hydrogen-bond donors (Lipinski definition) is 2. The summed E-state index contributed by atoms with van der Waals surface area (Å²) in [5.74, 6) is -0.702. The Bertz CT molecular complexity index is 1030. The van der Waals surface area contributed by atoms with E-state index in [1.807, 2.05) is 43.3 Å². The van der Waals surface area contributed by atoms with Gasteiger partial charge in [-0.3, -0.25) is 4.79 Å². The van der Waals surface area contributed by atoms with E-state index in [-0.39, 0.29) is 17.4 Å². The summed E-state index contributed by atoms with van der Waals surface area (Å²) in [5, 5.41) is 12.9. The van der Waals surface area contributed by atoms with Crippen LogP contribution in [-0.4, -0.2) is 29.1 Å². The summed E-state index contributed by atoms with van der Waals surface area (Å²) in [7, 11) is 0. The highest BCUT2D eigenvalue weighted by molar-refractivity contribution is 6.30. The van der Waals surface area contributed by atoms with Crippen LogP contribution in [0.2, 0.25) is 5.02 Å². The number of hydrogen-bond acceptors (Lipinski definition) is 4. The van der Waals surface area contributed by atoms with Crippen LogP contribution in [-0.2, 0) is 19.7 Å². The van der Waals surface area contributed by atoms with Crippen LogP contribution in [0.4, 0.5) is 0 Å². The van der Waals surface area contributed by atoms with Gasteiger partial charge in [0.05, 0.1) is 12.2 Å². The molecule has 0 aromatic heterocycles. The monoisotopic (exact) mass is 473 g/mol. The van der Waals surface area contributed by atoms with E-state index in [0.29, 0.717) is 23.6 Å². The van der Waals surface area contributed by atoms with Gasteiger partial charge in [0.25, 0.3) is 0 Å². The Morgan fingerprint density at radius 1 is 1.18 bits per heavy atom. The minimum absolute atomic E-state index is 0.117. The second-order valence-electron chi connectivity index (χ2n) is 10.0. The first-order valence-corrected chi connectivity index (χ1v) is 11.4. The zero-order valence-corrected chi connectivity index (χ0v) is 20.5. The normalized spacial score (nSPS) is 23.1. The largest absolute Gasteiger partial charge is 0.482 e.